The molecule has 166 valence electrons. The van der Waals surface area contributed by atoms with Gasteiger partial charge in [0.2, 0.25) is 11.8 Å². The quantitative estimate of drug-likeness (QED) is 0.427. The van der Waals surface area contributed by atoms with Crippen LogP contribution in [0.15, 0.2) is 67.3 Å². The van der Waals surface area contributed by atoms with E-state index >= 15 is 4.39 Å². The molecule has 0 aliphatic carbocycles. The number of aromatic amines is 1. The lowest BCUT2D eigenvalue weighted by Crippen LogP contribution is -2.28. The Bertz CT molecular complexity index is 1420. The third-order valence-corrected chi connectivity index (χ3v) is 6.45. The number of likely N-dealkylation sites (tertiary alicyclic amines) is 1. The van der Waals surface area contributed by atoms with Crippen LogP contribution >= 0.6 is 0 Å². The lowest BCUT2D eigenvalue weighted by atomic mass is 9.93. The van der Waals surface area contributed by atoms with E-state index in [1.54, 1.807) is 0 Å². The Balaban J connectivity index is 1.72. The Kier molecular flexibility index (Phi) is 5.21. The Morgan fingerprint density at radius 1 is 1.18 bits per heavy atom. The van der Waals surface area contributed by atoms with Gasteiger partial charge < -0.3 is 15.6 Å². The minimum absolute atomic E-state index is 0.0543. The molecule has 5 nitrogen and oxygen atoms in total. The maximum atomic E-state index is 15.6. The smallest absolute Gasteiger partial charge is 0.246 e. The van der Waals surface area contributed by atoms with Crippen LogP contribution in [-0.4, -0.2) is 28.2 Å². The number of benzene rings is 3. The van der Waals surface area contributed by atoms with Gasteiger partial charge in [0.1, 0.15) is 5.82 Å². The van der Waals surface area contributed by atoms with Gasteiger partial charge in [-0.15, -0.1) is 0 Å². The number of nitrogens with two attached hydrogens (primary N) is 1. The van der Waals surface area contributed by atoms with Crippen molar-refractivity contribution in [3.05, 3.63) is 84.2 Å². The van der Waals surface area contributed by atoms with Crippen LogP contribution in [0.2, 0.25) is 0 Å². The molecule has 2 heterocycles. The lowest BCUT2D eigenvalue weighted by molar-refractivity contribution is -0.126. The van der Waals surface area contributed by atoms with Crippen molar-refractivity contribution in [2.24, 2.45) is 5.73 Å². The minimum atomic E-state index is -0.516. The molecule has 3 N–H and O–H groups in total. The largest absolute Gasteiger partial charge is 0.369 e. The molecule has 1 atom stereocenters. The summed E-state index contributed by atoms with van der Waals surface area (Å²) in [6.45, 7) is 4.30. The van der Waals surface area contributed by atoms with E-state index in [0.717, 1.165) is 40.3 Å². The van der Waals surface area contributed by atoms with E-state index in [2.05, 4.69) is 11.6 Å². The molecule has 4 aromatic rings. The molecular weight excluding hydrogens is 417 g/mol. The molecule has 1 unspecified atom stereocenters. The summed E-state index contributed by atoms with van der Waals surface area (Å²) in [6.07, 6.45) is 3.05. The van der Waals surface area contributed by atoms with Gasteiger partial charge in [-0.2, -0.15) is 0 Å². The Morgan fingerprint density at radius 2 is 2.00 bits per heavy atom. The zero-order chi connectivity index (χ0) is 23.1. The molecule has 0 bridgehead atoms. The van der Waals surface area contributed by atoms with E-state index in [9.17, 15) is 9.59 Å². The molecule has 6 heteroatoms. The van der Waals surface area contributed by atoms with Crippen LogP contribution in [0.5, 0.6) is 0 Å². The molecule has 33 heavy (non-hydrogen) atoms. The number of H-pyrrole nitrogens is 1. The van der Waals surface area contributed by atoms with Crippen molar-refractivity contribution < 1.29 is 14.0 Å². The molecule has 3 aromatic carbocycles. The number of aromatic nitrogens is 1. The van der Waals surface area contributed by atoms with E-state index in [0.29, 0.717) is 23.2 Å². The number of primary amides is 1. The second-order valence-corrected chi connectivity index (χ2v) is 8.48. The van der Waals surface area contributed by atoms with E-state index in [4.69, 9.17) is 5.73 Å². The fraction of sp³-hybridized carbons (Fsp3) is 0.185. The van der Waals surface area contributed by atoms with Gasteiger partial charge in [-0.05, 0) is 53.8 Å². The van der Waals surface area contributed by atoms with Crippen LogP contribution in [0.1, 0.15) is 30.0 Å². The molecule has 1 aliphatic rings. The van der Waals surface area contributed by atoms with Gasteiger partial charge in [0, 0.05) is 28.4 Å². The van der Waals surface area contributed by atoms with Crippen molar-refractivity contribution in [2.75, 3.05) is 6.54 Å². The fourth-order valence-electron chi connectivity index (χ4n) is 5.06. The average Bonchev–Trinajstić information content (AvgIpc) is 3.44. The summed E-state index contributed by atoms with van der Waals surface area (Å²) in [5.41, 5.74) is 9.70. The number of rotatable bonds is 5. The summed E-state index contributed by atoms with van der Waals surface area (Å²) >= 11 is 0. The van der Waals surface area contributed by atoms with Crippen molar-refractivity contribution in [1.82, 2.24) is 9.88 Å². The highest BCUT2D eigenvalue weighted by Crippen LogP contribution is 2.40. The number of hydrogen-bond donors (Lipinski definition) is 2. The fourth-order valence-corrected chi connectivity index (χ4v) is 5.06. The van der Waals surface area contributed by atoms with Crippen LogP contribution in [0.25, 0.3) is 32.9 Å². The van der Waals surface area contributed by atoms with E-state index in [1.165, 1.54) is 12.1 Å². The number of amides is 2. The minimum Gasteiger partial charge on any atom is -0.369 e. The number of carbonyl (C=O) groups is 2. The molecule has 0 radical (unpaired) electrons. The monoisotopic (exact) mass is 441 g/mol. The summed E-state index contributed by atoms with van der Waals surface area (Å²) in [6, 6.07) is 16.7. The highest BCUT2D eigenvalue weighted by Gasteiger charge is 2.29. The van der Waals surface area contributed by atoms with E-state index in [1.807, 2.05) is 53.4 Å². The van der Waals surface area contributed by atoms with Crippen molar-refractivity contribution in [3.63, 3.8) is 0 Å². The van der Waals surface area contributed by atoms with Crippen LogP contribution in [0.4, 0.5) is 4.39 Å². The standard InChI is InChI=1S/C27H24FN3O2/c1-2-24(33)31-12-6-11-22(31)16-7-5-8-17(13-16)25-20(28)14-18(15-23(29)32)27-26(25)19-9-3-4-10-21(19)30-27/h2-5,7-10,13-14,22,30H,1,6,11-12,15H2,(H2,29,32). The average molecular weight is 442 g/mol. The van der Waals surface area contributed by atoms with Gasteiger partial charge in [-0.3, -0.25) is 9.59 Å². The van der Waals surface area contributed by atoms with Crippen LogP contribution < -0.4 is 5.73 Å². The molecule has 1 aliphatic heterocycles. The van der Waals surface area contributed by atoms with E-state index < -0.39 is 11.7 Å². The molecular formula is C27H24FN3O2. The second-order valence-electron chi connectivity index (χ2n) is 8.48. The van der Waals surface area contributed by atoms with Gasteiger partial charge in [0.05, 0.1) is 18.0 Å². The summed E-state index contributed by atoms with van der Waals surface area (Å²) < 4.78 is 15.6. The topological polar surface area (TPSA) is 79.2 Å². The van der Waals surface area contributed by atoms with Crippen molar-refractivity contribution in [1.29, 1.82) is 0 Å². The van der Waals surface area contributed by atoms with E-state index in [-0.39, 0.29) is 18.4 Å². The number of para-hydroxylation sites is 1. The highest BCUT2D eigenvalue weighted by atomic mass is 19.1. The first-order chi connectivity index (χ1) is 16.0. The molecule has 5 rings (SSSR count). The third kappa shape index (κ3) is 3.57. The number of fused-ring (bicyclic) bond motifs is 3. The van der Waals surface area contributed by atoms with Gasteiger partial charge >= 0.3 is 0 Å². The zero-order valence-electron chi connectivity index (χ0n) is 18.1. The summed E-state index contributed by atoms with van der Waals surface area (Å²) in [5.74, 6) is -1.02. The number of hydrogen-bond acceptors (Lipinski definition) is 2. The number of nitrogens with one attached hydrogen (secondary N) is 1. The Hall–Kier alpha value is -3.93. The lowest BCUT2D eigenvalue weighted by Gasteiger charge is -2.24. The second kappa shape index (κ2) is 8.20. The first-order valence-corrected chi connectivity index (χ1v) is 11.0. The first-order valence-electron chi connectivity index (χ1n) is 11.0. The van der Waals surface area contributed by atoms with Crippen molar-refractivity contribution in [3.8, 4) is 11.1 Å². The Morgan fingerprint density at radius 3 is 2.79 bits per heavy atom. The van der Waals surface area contributed by atoms with Crippen LogP contribution in [-0.2, 0) is 16.0 Å². The van der Waals surface area contributed by atoms with Gasteiger partial charge in [0.25, 0.3) is 0 Å². The van der Waals surface area contributed by atoms with Crippen molar-refractivity contribution >= 4 is 33.6 Å². The number of halogens is 1. The van der Waals surface area contributed by atoms with Gasteiger partial charge in [-0.1, -0.05) is 43.0 Å². The molecule has 0 spiro atoms. The maximum absolute atomic E-state index is 15.6. The van der Waals surface area contributed by atoms with Gasteiger partial charge in [0.15, 0.2) is 0 Å². The molecule has 1 fully saturated rings. The maximum Gasteiger partial charge on any atom is 0.246 e. The van der Waals surface area contributed by atoms with Crippen LogP contribution in [0, 0.1) is 5.82 Å². The summed E-state index contributed by atoms with van der Waals surface area (Å²) in [7, 11) is 0. The SMILES string of the molecule is C=CC(=O)N1CCCC1c1cccc(-c2c(F)cc(CC(N)=O)c3[nH]c4ccccc4c23)c1. The summed E-state index contributed by atoms with van der Waals surface area (Å²) in [5, 5.41) is 1.60. The molecule has 1 aromatic heterocycles. The molecule has 1 saturated heterocycles. The first kappa shape index (κ1) is 20.9. The van der Waals surface area contributed by atoms with Gasteiger partial charge in [-0.25, -0.2) is 4.39 Å². The van der Waals surface area contributed by atoms with Crippen LogP contribution in [0.3, 0.4) is 0 Å². The number of nitrogens with zero attached hydrogens (tertiary/aromatic N) is 1. The summed E-state index contributed by atoms with van der Waals surface area (Å²) in [4.78, 5) is 29.1. The zero-order valence-corrected chi connectivity index (χ0v) is 18.1. The third-order valence-electron chi connectivity index (χ3n) is 6.45. The molecule has 2 amide bonds. The number of carbonyl (C=O) groups excluding carboxylic acids is 2. The molecule has 0 saturated carbocycles. The predicted octanol–water partition coefficient (Wildman–Crippen LogP) is 5.00. The van der Waals surface area contributed by atoms with Crippen molar-refractivity contribution in [2.45, 2.75) is 25.3 Å². The highest BCUT2D eigenvalue weighted by molar-refractivity contribution is 6.15. The Labute approximate surface area is 190 Å². The normalized spacial score (nSPS) is 15.9. The predicted molar refractivity (Wildman–Crippen MR) is 128 cm³/mol.